The number of hydrogen-bond acceptors (Lipinski definition) is 5. The highest BCUT2D eigenvalue weighted by Crippen LogP contribution is 2.33. The minimum atomic E-state index is -4.40. The van der Waals surface area contributed by atoms with Gasteiger partial charge in [0, 0.05) is 5.41 Å². The molecule has 0 amide bonds. The Kier molecular flexibility index (Phi) is 5.12. The van der Waals surface area contributed by atoms with E-state index in [9.17, 15) is 18.3 Å². The largest absolute Gasteiger partial charge is 0.416 e. The first-order valence-corrected chi connectivity index (χ1v) is 7.87. The zero-order valence-corrected chi connectivity index (χ0v) is 14.0. The van der Waals surface area contributed by atoms with Crippen LogP contribution in [0.15, 0.2) is 36.9 Å². The Labute approximate surface area is 147 Å². The highest BCUT2D eigenvalue weighted by atomic mass is 19.4. The van der Waals surface area contributed by atoms with Crippen molar-refractivity contribution in [2.75, 3.05) is 20.0 Å². The smallest absolute Gasteiger partial charge is 0.386 e. The summed E-state index contributed by atoms with van der Waals surface area (Å²) in [5.41, 5.74) is -0.622. The van der Waals surface area contributed by atoms with Crippen LogP contribution in [0.3, 0.4) is 0 Å². The summed E-state index contributed by atoms with van der Waals surface area (Å²) < 4.78 is 50.1. The molecule has 1 aliphatic heterocycles. The molecule has 26 heavy (non-hydrogen) atoms. The average Bonchev–Trinajstić information content (AvgIpc) is 3.14. The molecule has 6 nitrogen and oxygen atoms in total. The van der Waals surface area contributed by atoms with Gasteiger partial charge in [-0.3, -0.25) is 0 Å². The van der Waals surface area contributed by atoms with Crippen molar-refractivity contribution in [3.05, 3.63) is 48.0 Å². The molecule has 0 radical (unpaired) electrons. The Bertz CT molecular complexity index is 752. The number of hydrogen-bond donors (Lipinski definition) is 1. The van der Waals surface area contributed by atoms with Gasteiger partial charge < -0.3 is 14.6 Å². The van der Waals surface area contributed by atoms with Gasteiger partial charge in [-0.05, 0) is 23.8 Å². The fraction of sp³-hybridized carbons (Fsp3) is 0.412. The maximum absolute atomic E-state index is 12.7. The summed E-state index contributed by atoms with van der Waals surface area (Å²) >= 11 is 0. The molecule has 0 bridgehead atoms. The number of rotatable bonds is 4. The van der Waals surface area contributed by atoms with Crippen molar-refractivity contribution in [3.63, 3.8) is 0 Å². The van der Waals surface area contributed by atoms with Crippen molar-refractivity contribution >= 4 is 11.8 Å². The van der Waals surface area contributed by atoms with Crippen molar-refractivity contribution in [2.24, 2.45) is 5.41 Å². The number of aliphatic hydroxyl groups is 1. The van der Waals surface area contributed by atoms with E-state index in [1.807, 2.05) is 0 Å². The Balaban J connectivity index is 1.95. The van der Waals surface area contributed by atoms with Gasteiger partial charge in [0.2, 0.25) is 0 Å². The van der Waals surface area contributed by atoms with Crippen LogP contribution in [0.5, 0.6) is 0 Å². The highest BCUT2D eigenvalue weighted by molar-refractivity contribution is 5.73. The van der Waals surface area contributed by atoms with Gasteiger partial charge in [-0.2, -0.15) is 18.3 Å². The second-order valence-electron chi connectivity index (χ2n) is 6.40. The number of halogens is 3. The minimum absolute atomic E-state index is 0.156. The normalized spacial score (nSPS) is 19.3. The third kappa shape index (κ3) is 3.95. The van der Waals surface area contributed by atoms with Gasteiger partial charge in [0.1, 0.15) is 25.6 Å². The second kappa shape index (κ2) is 7.18. The zero-order chi connectivity index (χ0) is 18.8. The van der Waals surface area contributed by atoms with Gasteiger partial charge in [0.05, 0.1) is 24.5 Å². The van der Waals surface area contributed by atoms with E-state index in [0.29, 0.717) is 11.3 Å². The molecular weight excluding hydrogens is 351 g/mol. The van der Waals surface area contributed by atoms with Crippen LogP contribution in [0.2, 0.25) is 0 Å². The lowest BCUT2D eigenvalue weighted by Gasteiger charge is -2.37. The summed E-state index contributed by atoms with van der Waals surface area (Å²) in [4.78, 5) is 3.87. The van der Waals surface area contributed by atoms with Crippen LogP contribution in [0, 0.1) is 5.41 Å². The first-order chi connectivity index (χ1) is 12.3. The Hall–Kier alpha value is -2.23. The van der Waals surface area contributed by atoms with Gasteiger partial charge >= 0.3 is 6.18 Å². The number of benzene rings is 1. The van der Waals surface area contributed by atoms with Crippen molar-refractivity contribution < 1.29 is 27.8 Å². The van der Waals surface area contributed by atoms with Crippen molar-refractivity contribution in [2.45, 2.75) is 19.2 Å². The van der Waals surface area contributed by atoms with E-state index >= 15 is 0 Å². The molecule has 1 atom stereocenters. The highest BCUT2D eigenvalue weighted by Gasteiger charge is 2.39. The predicted octanol–water partition coefficient (Wildman–Crippen LogP) is 2.67. The predicted molar refractivity (Wildman–Crippen MR) is 86.5 cm³/mol. The topological polar surface area (TPSA) is 69.4 Å². The lowest BCUT2D eigenvalue weighted by molar-refractivity contribution is -0.180. The molecule has 0 unspecified atom stereocenters. The molecular formula is C17H18F3N3O3. The Morgan fingerprint density at radius 2 is 1.92 bits per heavy atom. The van der Waals surface area contributed by atoms with Gasteiger partial charge in [0.25, 0.3) is 0 Å². The van der Waals surface area contributed by atoms with E-state index < -0.39 is 23.3 Å². The summed E-state index contributed by atoms with van der Waals surface area (Å²) in [6.45, 7) is 2.50. The maximum atomic E-state index is 12.7. The van der Waals surface area contributed by atoms with Crippen LogP contribution in [-0.4, -0.2) is 46.0 Å². The molecule has 9 heteroatoms. The summed E-state index contributed by atoms with van der Waals surface area (Å²) in [6.07, 6.45) is -1.15. The fourth-order valence-corrected chi connectivity index (χ4v) is 2.72. The van der Waals surface area contributed by atoms with Crippen LogP contribution in [-0.2, 0) is 15.7 Å². The summed E-state index contributed by atoms with van der Waals surface area (Å²) in [6, 6.07) is 4.66. The monoisotopic (exact) mass is 369 g/mol. The SMILES string of the molecule is CC1([C@H](O)C(=Cc2ccc(C(F)(F)F)cc2)n2cncn2)COCOC1. The number of nitrogens with zero attached hydrogens (tertiary/aromatic N) is 3. The lowest BCUT2D eigenvalue weighted by Crippen LogP contribution is -2.45. The third-order valence-electron chi connectivity index (χ3n) is 4.21. The fourth-order valence-electron chi connectivity index (χ4n) is 2.72. The molecule has 1 saturated heterocycles. The third-order valence-corrected chi connectivity index (χ3v) is 4.21. The Morgan fingerprint density at radius 3 is 2.46 bits per heavy atom. The van der Waals surface area contributed by atoms with Crippen molar-refractivity contribution in [1.82, 2.24) is 14.8 Å². The van der Waals surface area contributed by atoms with E-state index in [1.54, 1.807) is 13.0 Å². The van der Waals surface area contributed by atoms with Crippen LogP contribution in [0.25, 0.3) is 11.8 Å². The quantitative estimate of drug-likeness (QED) is 0.897. The van der Waals surface area contributed by atoms with E-state index in [1.165, 1.54) is 29.5 Å². The van der Waals surface area contributed by atoms with Crippen LogP contribution in [0.4, 0.5) is 13.2 Å². The summed E-state index contributed by atoms with van der Waals surface area (Å²) in [5, 5.41) is 14.9. The lowest BCUT2D eigenvalue weighted by atomic mass is 9.83. The Morgan fingerprint density at radius 1 is 1.27 bits per heavy atom. The number of aromatic nitrogens is 3. The first kappa shape index (κ1) is 18.6. The van der Waals surface area contributed by atoms with Gasteiger partial charge in [-0.1, -0.05) is 19.1 Å². The molecule has 1 fully saturated rings. The van der Waals surface area contributed by atoms with Gasteiger partial charge in [-0.25, -0.2) is 9.67 Å². The van der Waals surface area contributed by atoms with E-state index in [-0.39, 0.29) is 20.0 Å². The van der Waals surface area contributed by atoms with Crippen LogP contribution < -0.4 is 0 Å². The zero-order valence-electron chi connectivity index (χ0n) is 14.0. The molecule has 1 aliphatic rings. The molecule has 1 N–H and O–H groups in total. The maximum Gasteiger partial charge on any atom is 0.416 e. The van der Waals surface area contributed by atoms with Crippen molar-refractivity contribution in [1.29, 1.82) is 0 Å². The second-order valence-corrected chi connectivity index (χ2v) is 6.40. The van der Waals surface area contributed by atoms with E-state index in [4.69, 9.17) is 9.47 Å². The molecule has 140 valence electrons. The van der Waals surface area contributed by atoms with E-state index in [0.717, 1.165) is 12.1 Å². The standard InChI is InChI=1S/C17H18F3N3O3/c1-16(7-25-11-26-8-16)15(24)14(23-10-21-9-22-23)6-12-2-4-13(5-3-12)17(18,19)20/h2-6,9-10,15,24H,7-8,11H2,1H3/t15-/m1/s1. The number of aliphatic hydroxyl groups excluding tert-OH is 1. The average molecular weight is 369 g/mol. The molecule has 2 heterocycles. The molecule has 0 saturated carbocycles. The summed E-state index contributed by atoms with van der Waals surface area (Å²) in [7, 11) is 0. The van der Waals surface area contributed by atoms with Gasteiger partial charge in [0.15, 0.2) is 0 Å². The van der Waals surface area contributed by atoms with Crippen LogP contribution >= 0.6 is 0 Å². The molecule has 2 aromatic rings. The minimum Gasteiger partial charge on any atom is -0.386 e. The van der Waals surface area contributed by atoms with Crippen LogP contribution in [0.1, 0.15) is 18.1 Å². The molecule has 3 rings (SSSR count). The van der Waals surface area contributed by atoms with Gasteiger partial charge in [-0.15, -0.1) is 0 Å². The summed E-state index contributed by atoms with van der Waals surface area (Å²) in [5.74, 6) is 0. The molecule has 1 aromatic heterocycles. The number of ether oxygens (including phenoxy) is 2. The molecule has 0 aliphatic carbocycles. The molecule has 1 aromatic carbocycles. The number of alkyl halides is 3. The van der Waals surface area contributed by atoms with Crippen molar-refractivity contribution in [3.8, 4) is 0 Å². The molecule has 0 spiro atoms. The first-order valence-electron chi connectivity index (χ1n) is 7.87. The van der Waals surface area contributed by atoms with E-state index in [2.05, 4.69) is 10.1 Å².